The van der Waals surface area contributed by atoms with Crippen LogP contribution in [0.25, 0.3) is 10.9 Å². The van der Waals surface area contributed by atoms with Crippen LogP contribution in [-0.2, 0) is 4.84 Å². The summed E-state index contributed by atoms with van der Waals surface area (Å²) in [5.41, 5.74) is 3.69. The lowest BCUT2D eigenvalue weighted by Gasteiger charge is -2.05. The average molecular weight is 367 g/mol. The number of pyridine rings is 1. The van der Waals surface area contributed by atoms with Gasteiger partial charge in [0, 0.05) is 23.7 Å². The highest BCUT2D eigenvalue weighted by molar-refractivity contribution is 6.13. The quantitative estimate of drug-likeness (QED) is 0.399. The Hall–Kier alpha value is -2.08. The molecule has 1 aromatic carbocycles. The average Bonchev–Trinajstić information content (AvgIpc) is 2.99. The van der Waals surface area contributed by atoms with Gasteiger partial charge in [0.1, 0.15) is 12.3 Å². The van der Waals surface area contributed by atoms with Crippen molar-refractivity contribution in [2.45, 2.75) is 0 Å². The predicted molar refractivity (Wildman–Crippen MR) is 103 cm³/mol. The van der Waals surface area contributed by atoms with Gasteiger partial charge in [-0.25, -0.2) is 0 Å². The fourth-order valence-electron chi connectivity index (χ4n) is 2.21. The van der Waals surface area contributed by atoms with Crippen LogP contribution in [0.15, 0.2) is 60.0 Å². The largest absolute Gasteiger partial charge is 0.394 e. The standard InChI is InChI=1S/C17H18N4O.2ClH/c1-18-9-10-22-21-17(13-5-3-2-4-6-13)15-11-14-7-8-19-12-16(14)20-15;;/h2-8,11-12,18,20H,9-10H2,1H3;2*1H/b21-17+;;. The molecule has 0 aliphatic heterocycles. The first-order chi connectivity index (χ1) is 10.9. The zero-order valence-corrected chi connectivity index (χ0v) is 14.9. The van der Waals surface area contributed by atoms with Crippen LogP contribution in [0.1, 0.15) is 11.3 Å². The molecule has 5 nitrogen and oxygen atoms in total. The molecule has 0 atom stereocenters. The van der Waals surface area contributed by atoms with Gasteiger partial charge in [-0.05, 0) is 19.2 Å². The summed E-state index contributed by atoms with van der Waals surface area (Å²) in [5, 5.41) is 8.45. The molecule has 0 aliphatic carbocycles. The van der Waals surface area contributed by atoms with Gasteiger partial charge >= 0.3 is 0 Å². The van der Waals surface area contributed by atoms with Gasteiger partial charge in [0.25, 0.3) is 0 Å². The second-order valence-electron chi connectivity index (χ2n) is 4.89. The molecule has 0 fully saturated rings. The van der Waals surface area contributed by atoms with Crippen molar-refractivity contribution in [3.63, 3.8) is 0 Å². The number of halogens is 2. The predicted octanol–water partition coefficient (Wildman–Crippen LogP) is 3.39. The molecule has 0 amide bonds. The molecular formula is C17H20Cl2N4O. The molecule has 2 heterocycles. The molecule has 0 aliphatic rings. The van der Waals surface area contributed by atoms with E-state index in [4.69, 9.17) is 4.84 Å². The molecular weight excluding hydrogens is 347 g/mol. The van der Waals surface area contributed by atoms with Gasteiger partial charge in [-0.15, -0.1) is 24.8 Å². The highest BCUT2D eigenvalue weighted by Crippen LogP contribution is 2.17. The van der Waals surface area contributed by atoms with Gasteiger partial charge in [-0.2, -0.15) is 0 Å². The van der Waals surface area contributed by atoms with Crippen LogP contribution in [-0.4, -0.2) is 35.9 Å². The minimum absolute atomic E-state index is 0. The number of likely N-dealkylation sites (N-methyl/N-ethyl adjacent to an activating group) is 1. The van der Waals surface area contributed by atoms with Gasteiger partial charge < -0.3 is 15.1 Å². The first kappa shape index (κ1) is 20.0. The Morgan fingerprint density at radius 2 is 2.00 bits per heavy atom. The molecule has 0 unspecified atom stereocenters. The third kappa shape index (κ3) is 4.71. The van der Waals surface area contributed by atoms with Crippen LogP contribution < -0.4 is 5.32 Å². The highest BCUT2D eigenvalue weighted by Gasteiger charge is 2.11. The summed E-state index contributed by atoms with van der Waals surface area (Å²) in [6.45, 7) is 1.27. The van der Waals surface area contributed by atoms with E-state index in [0.29, 0.717) is 6.61 Å². The lowest BCUT2D eigenvalue weighted by molar-refractivity contribution is 0.148. The number of H-pyrrole nitrogens is 1. The van der Waals surface area contributed by atoms with Crippen molar-refractivity contribution in [2.24, 2.45) is 5.16 Å². The van der Waals surface area contributed by atoms with Gasteiger partial charge in [0.2, 0.25) is 0 Å². The second-order valence-corrected chi connectivity index (χ2v) is 4.89. The molecule has 0 saturated heterocycles. The van der Waals surface area contributed by atoms with Gasteiger partial charge in [-0.3, -0.25) is 4.98 Å². The molecule has 0 bridgehead atoms. The third-order valence-corrected chi connectivity index (χ3v) is 3.33. The number of nitrogens with zero attached hydrogens (tertiary/aromatic N) is 2. The number of aromatic amines is 1. The summed E-state index contributed by atoms with van der Waals surface area (Å²) in [5.74, 6) is 0. The molecule has 0 radical (unpaired) electrons. The van der Waals surface area contributed by atoms with Gasteiger partial charge in [0.05, 0.1) is 17.4 Å². The Morgan fingerprint density at radius 1 is 1.21 bits per heavy atom. The van der Waals surface area contributed by atoms with E-state index in [1.54, 1.807) is 6.20 Å². The molecule has 3 aromatic rings. The topological polar surface area (TPSA) is 62.3 Å². The molecule has 24 heavy (non-hydrogen) atoms. The normalized spacial score (nSPS) is 10.8. The Kier molecular flexibility index (Phi) is 8.26. The maximum atomic E-state index is 5.43. The van der Waals surface area contributed by atoms with Crippen molar-refractivity contribution in [1.29, 1.82) is 0 Å². The maximum Gasteiger partial charge on any atom is 0.133 e. The van der Waals surface area contributed by atoms with Crippen molar-refractivity contribution >= 4 is 41.4 Å². The first-order valence-corrected chi connectivity index (χ1v) is 7.21. The van der Waals surface area contributed by atoms with E-state index < -0.39 is 0 Å². The number of rotatable bonds is 6. The number of aromatic nitrogens is 2. The Balaban J connectivity index is 0.00000144. The Labute approximate surface area is 153 Å². The van der Waals surface area contributed by atoms with Gasteiger partial charge in [0.15, 0.2) is 0 Å². The fourth-order valence-corrected chi connectivity index (χ4v) is 2.21. The summed E-state index contributed by atoms with van der Waals surface area (Å²) in [6, 6.07) is 14.0. The number of hydrogen-bond acceptors (Lipinski definition) is 4. The van der Waals surface area contributed by atoms with Crippen molar-refractivity contribution in [3.05, 3.63) is 66.1 Å². The lowest BCUT2D eigenvalue weighted by atomic mass is 10.1. The molecule has 0 saturated carbocycles. The van der Waals surface area contributed by atoms with Crippen molar-refractivity contribution in [2.75, 3.05) is 20.2 Å². The van der Waals surface area contributed by atoms with Crippen LogP contribution in [0, 0.1) is 0 Å². The van der Waals surface area contributed by atoms with Crippen LogP contribution in [0.5, 0.6) is 0 Å². The number of hydrogen-bond donors (Lipinski definition) is 2. The molecule has 2 aromatic heterocycles. The van der Waals surface area contributed by atoms with Crippen molar-refractivity contribution in [3.8, 4) is 0 Å². The molecule has 2 N–H and O–H groups in total. The second kappa shape index (κ2) is 9.93. The molecule has 0 spiro atoms. The summed E-state index contributed by atoms with van der Waals surface area (Å²) in [4.78, 5) is 12.9. The minimum atomic E-state index is 0. The zero-order chi connectivity index (χ0) is 15.2. The Bertz CT molecular complexity index is 741. The van der Waals surface area contributed by atoms with Gasteiger partial charge in [-0.1, -0.05) is 35.5 Å². The van der Waals surface area contributed by atoms with Crippen molar-refractivity contribution in [1.82, 2.24) is 15.3 Å². The van der Waals surface area contributed by atoms with Crippen LogP contribution in [0.2, 0.25) is 0 Å². The number of nitrogens with one attached hydrogen (secondary N) is 2. The summed E-state index contributed by atoms with van der Waals surface area (Å²) < 4.78 is 0. The zero-order valence-electron chi connectivity index (χ0n) is 13.2. The Morgan fingerprint density at radius 3 is 2.71 bits per heavy atom. The smallest absolute Gasteiger partial charge is 0.133 e. The van der Waals surface area contributed by atoms with Crippen LogP contribution in [0.3, 0.4) is 0 Å². The van der Waals surface area contributed by atoms with E-state index in [2.05, 4.69) is 26.5 Å². The molecule has 3 rings (SSSR count). The maximum absolute atomic E-state index is 5.43. The van der Waals surface area contributed by atoms with Crippen LogP contribution >= 0.6 is 24.8 Å². The SMILES string of the molecule is CNCCO/N=C(\c1ccccc1)c1cc2ccncc2[nH]1.Cl.Cl. The summed E-state index contributed by atoms with van der Waals surface area (Å²) in [6.07, 6.45) is 3.59. The lowest BCUT2D eigenvalue weighted by Crippen LogP contribution is -2.13. The molecule has 128 valence electrons. The summed E-state index contributed by atoms with van der Waals surface area (Å²) in [7, 11) is 1.88. The number of benzene rings is 1. The molecule has 7 heteroatoms. The number of oxime groups is 1. The first-order valence-electron chi connectivity index (χ1n) is 7.21. The third-order valence-electron chi connectivity index (χ3n) is 3.33. The van der Waals surface area contributed by atoms with E-state index in [9.17, 15) is 0 Å². The monoisotopic (exact) mass is 366 g/mol. The van der Waals surface area contributed by atoms with E-state index in [1.807, 2.05) is 49.6 Å². The van der Waals surface area contributed by atoms with E-state index in [0.717, 1.165) is 34.4 Å². The number of fused-ring (bicyclic) bond motifs is 1. The van der Waals surface area contributed by atoms with Crippen molar-refractivity contribution < 1.29 is 4.84 Å². The minimum Gasteiger partial charge on any atom is -0.394 e. The highest BCUT2D eigenvalue weighted by atomic mass is 35.5. The van der Waals surface area contributed by atoms with Crippen LogP contribution in [0.4, 0.5) is 0 Å². The summed E-state index contributed by atoms with van der Waals surface area (Å²) >= 11 is 0. The fraction of sp³-hybridized carbons (Fsp3) is 0.176. The van der Waals surface area contributed by atoms with E-state index >= 15 is 0 Å². The van der Waals surface area contributed by atoms with E-state index in [-0.39, 0.29) is 24.8 Å². The van der Waals surface area contributed by atoms with E-state index in [1.165, 1.54) is 0 Å².